The van der Waals surface area contributed by atoms with Crippen molar-refractivity contribution in [2.45, 2.75) is 19.9 Å². The average molecular weight is 228 g/mol. The third kappa shape index (κ3) is 4.68. The van der Waals surface area contributed by atoms with E-state index in [0.29, 0.717) is 19.6 Å². The molecule has 0 aliphatic rings. The highest BCUT2D eigenvalue weighted by Crippen LogP contribution is 2.08. The second-order valence-corrected chi connectivity index (χ2v) is 3.90. The Kier molecular flexibility index (Phi) is 5.35. The van der Waals surface area contributed by atoms with Crippen molar-refractivity contribution in [2.24, 2.45) is 5.73 Å². The Bertz CT molecular complexity index is 298. The number of hydrogen-bond acceptors (Lipinski definition) is 2. The Labute approximate surface area is 95.1 Å². The van der Waals surface area contributed by atoms with Crippen molar-refractivity contribution in [2.75, 3.05) is 19.6 Å². The number of rotatable bonds is 6. The fourth-order valence-electron chi connectivity index (χ4n) is 1.56. The average Bonchev–Trinajstić information content (AvgIpc) is 2.21. The summed E-state index contributed by atoms with van der Waals surface area (Å²) < 4.78 is 24.6. The normalized spacial score (nSPS) is 11.4. The van der Waals surface area contributed by atoms with Crippen molar-refractivity contribution in [3.05, 3.63) is 35.4 Å². The molecule has 2 N–H and O–H groups in total. The molecular weight excluding hydrogens is 210 g/mol. The van der Waals surface area contributed by atoms with Crippen LogP contribution in [0.2, 0.25) is 0 Å². The SMILES string of the molecule is Cc1ccc(CN(CCN)CC(F)F)cc1. The van der Waals surface area contributed by atoms with Gasteiger partial charge in [0.1, 0.15) is 0 Å². The van der Waals surface area contributed by atoms with Crippen molar-refractivity contribution in [3.63, 3.8) is 0 Å². The number of alkyl halides is 2. The molecule has 16 heavy (non-hydrogen) atoms. The molecule has 4 heteroatoms. The summed E-state index contributed by atoms with van der Waals surface area (Å²) in [5.41, 5.74) is 7.61. The Hall–Kier alpha value is -1.00. The van der Waals surface area contributed by atoms with Crippen LogP contribution in [0.5, 0.6) is 0 Å². The molecule has 0 aromatic heterocycles. The standard InChI is InChI=1S/C12H18F2N2/c1-10-2-4-11(5-3-10)8-16(7-6-15)9-12(13)14/h2-5,12H,6-9,15H2,1H3. The smallest absolute Gasteiger partial charge is 0.251 e. The van der Waals surface area contributed by atoms with Crippen LogP contribution in [0.15, 0.2) is 24.3 Å². The second-order valence-electron chi connectivity index (χ2n) is 3.90. The van der Waals surface area contributed by atoms with Gasteiger partial charge in [0, 0.05) is 19.6 Å². The number of aryl methyl sites for hydroxylation is 1. The Morgan fingerprint density at radius 3 is 2.38 bits per heavy atom. The van der Waals surface area contributed by atoms with E-state index < -0.39 is 6.43 Å². The van der Waals surface area contributed by atoms with Gasteiger partial charge in [-0.3, -0.25) is 4.90 Å². The van der Waals surface area contributed by atoms with E-state index in [1.165, 1.54) is 5.56 Å². The van der Waals surface area contributed by atoms with Crippen LogP contribution in [0.4, 0.5) is 8.78 Å². The lowest BCUT2D eigenvalue weighted by molar-refractivity contribution is 0.0862. The van der Waals surface area contributed by atoms with Gasteiger partial charge in [0.15, 0.2) is 0 Å². The molecule has 0 saturated heterocycles. The number of hydrogen-bond donors (Lipinski definition) is 1. The van der Waals surface area contributed by atoms with Gasteiger partial charge in [-0.25, -0.2) is 8.78 Å². The van der Waals surface area contributed by atoms with Crippen LogP contribution in [-0.2, 0) is 6.54 Å². The molecule has 0 radical (unpaired) electrons. The molecular formula is C12H18F2N2. The Morgan fingerprint density at radius 1 is 1.25 bits per heavy atom. The van der Waals surface area contributed by atoms with Crippen molar-refractivity contribution in [1.82, 2.24) is 4.90 Å². The summed E-state index contributed by atoms with van der Waals surface area (Å²) in [6, 6.07) is 7.89. The van der Waals surface area contributed by atoms with E-state index in [4.69, 9.17) is 5.73 Å². The zero-order valence-corrected chi connectivity index (χ0v) is 9.50. The molecule has 0 fully saturated rings. The van der Waals surface area contributed by atoms with Gasteiger partial charge in [-0.2, -0.15) is 0 Å². The molecule has 0 unspecified atom stereocenters. The lowest BCUT2D eigenvalue weighted by Gasteiger charge is -2.21. The third-order valence-corrected chi connectivity index (χ3v) is 2.37. The van der Waals surface area contributed by atoms with Crippen LogP contribution in [-0.4, -0.2) is 31.0 Å². The second kappa shape index (κ2) is 6.55. The molecule has 1 aromatic rings. The van der Waals surface area contributed by atoms with Gasteiger partial charge in [-0.1, -0.05) is 29.8 Å². The highest BCUT2D eigenvalue weighted by molar-refractivity contribution is 5.21. The molecule has 0 aliphatic heterocycles. The first-order valence-electron chi connectivity index (χ1n) is 5.38. The quantitative estimate of drug-likeness (QED) is 0.807. The summed E-state index contributed by atoms with van der Waals surface area (Å²) in [4.78, 5) is 1.68. The summed E-state index contributed by atoms with van der Waals surface area (Å²) >= 11 is 0. The lowest BCUT2D eigenvalue weighted by atomic mass is 10.1. The first kappa shape index (κ1) is 13.1. The molecule has 90 valence electrons. The van der Waals surface area contributed by atoms with Crippen molar-refractivity contribution in [1.29, 1.82) is 0 Å². The zero-order chi connectivity index (χ0) is 12.0. The first-order chi connectivity index (χ1) is 7.61. The van der Waals surface area contributed by atoms with Gasteiger partial charge in [0.25, 0.3) is 6.43 Å². The summed E-state index contributed by atoms with van der Waals surface area (Å²) in [5, 5.41) is 0. The van der Waals surface area contributed by atoms with Crippen molar-refractivity contribution < 1.29 is 8.78 Å². The van der Waals surface area contributed by atoms with E-state index in [1.807, 2.05) is 31.2 Å². The Balaban J connectivity index is 2.56. The zero-order valence-electron chi connectivity index (χ0n) is 9.50. The molecule has 1 aromatic carbocycles. The highest BCUT2D eigenvalue weighted by atomic mass is 19.3. The maximum absolute atomic E-state index is 12.3. The predicted molar refractivity (Wildman–Crippen MR) is 61.5 cm³/mol. The van der Waals surface area contributed by atoms with E-state index in [1.54, 1.807) is 4.90 Å². The minimum absolute atomic E-state index is 0.217. The van der Waals surface area contributed by atoms with Crippen LogP contribution >= 0.6 is 0 Å². The van der Waals surface area contributed by atoms with Gasteiger partial charge >= 0.3 is 0 Å². The van der Waals surface area contributed by atoms with E-state index >= 15 is 0 Å². The molecule has 0 heterocycles. The number of halogens is 2. The van der Waals surface area contributed by atoms with Crippen LogP contribution in [0.25, 0.3) is 0 Å². The van der Waals surface area contributed by atoms with Gasteiger partial charge < -0.3 is 5.73 Å². The topological polar surface area (TPSA) is 29.3 Å². The minimum Gasteiger partial charge on any atom is -0.329 e. The summed E-state index contributed by atoms with van der Waals surface area (Å²) in [6.45, 7) is 3.21. The van der Waals surface area contributed by atoms with Crippen LogP contribution in [0.1, 0.15) is 11.1 Å². The largest absolute Gasteiger partial charge is 0.329 e. The van der Waals surface area contributed by atoms with Crippen molar-refractivity contribution >= 4 is 0 Å². The van der Waals surface area contributed by atoms with Crippen molar-refractivity contribution in [3.8, 4) is 0 Å². The molecule has 2 nitrogen and oxygen atoms in total. The highest BCUT2D eigenvalue weighted by Gasteiger charge is 2.11. The predicted octanol–water partition coefficient (Wildman–Crippen LogP) is 2.02. The lowest BCUT2D eigenvalue weighted by Crippen LogP contribution is -2.33. The Morgan fingerprint density at radius 2 is 1.88 bits per heavy atom. The number of nitrogens with two attached hydrogens (primary N) is 1. The maximum atomic E-state index is 12.3. The molecule has 1 rings (SSSR count). The van der Waals surface area contributed by atoms with Crippen LogP contribution < -0.4 is 5.73 Å². The van der Waals surface area contributed by atoms with E-state index in [0.717, 1.165) is 5.56 Å². The summed E-state index contributed by atoms with van der Waals surface area (Å²) in [5.74, 6) is 0. The summed E-state index contributed by atoms with van der Waals surface area (Å²) in [6.07, 6.45) is -2.31. The third-order valence-electron chi connectivity index (χ3n) is 2.37. The van der Waals surface area contributed by atoms with Gasteiger partial charge in [-0.05, 0) is 12.5 Å². The van der Waals surface area contributed by atoms with E-state index in [9.17, 15) is 8.78 Å². The van der Waals surface area contributed by atoms with Crippen LogP contribution in [0.3, 0.4) is 0 Å². The van der Waals surface area contributed by atoms with Crippen LogP contribution in [0, 0.1) is 6.92 Å². The molecule has 0 saturated carbocycles. The fourth-order valence-corrected chi connectivity index (χ4v) is 1.56. The maximum Gasteiger partial charge on any atom is 0.251 e. The molecule has 0 amide bonds. The van der Waals surface area contributed by atoms with Gasteiger partial charge in [-0.15, -0.1) is 0 Å². The summed E-state index contributed by atoms with van der Waals surface area (Å²) in [7, 11) is 0. The first-order valence-corrected chi connectivity index (χ1v) is 5.38. The monoisotopic (exact) mass is 228 g/mol. The fraction of sp³-hybridized carbons (Fsp3) is 0.500. The number of benzene rings is 1. The molecule has 0 spiro atoms. The van der Waals surface area contributed by atoms with Gasteiger partial charge in [0.2, 0.25) is 0 Å². The minimum atomic E-state index is -2.31. The van der Waals surface area contributed by atoms with E-state index in [-0.39, 0.29) is 6.54 Å². The molecule has 0 bridgehead atoms. The molecule has 0 atom stereocenters. The van der Waals surface area contributed by atoms with Gasteiger partial charge in [0.05, 0.1) is 6.54 Å². The van der Waals surface area contributed by atoms with E-state index in [2.05, 4.69) is 0 Å². The molecule has 0 aliphatic carbocycles. The number of nitrogens with zero attached hydrogens (tertiary/aromatic N) is 1.